The average Bonchev–Trinajstić information content (AvgIpc) is 2.34. The van der Waals surface area contributed by atoms with Gasteiger partial charge in [-0.2, -0.15) is 0 Å². The summed E-state index contributed by atoms with van der Waals surface area (Å²) in [4.78, 5) is 10.9. The van der Waals surface area contributed by atoms with Crippen molar-refractivity contribution in [2.24, 2.45) is 5.92 Å². The summed E-state index contributed by atoms with van der Waals surface area (Å²) in [5, 5.41) is 12.3. The van der Waals surface area contributed by atoms with E-state index in [1.807, 2.05) is 24.3 Å². The van der Waals surface area contributed by atoms with E-state index >= 15 is 0 Å². The molecule has 1 fully saturated rings. The Kier molecular flexibility index (Phi) is 4.80. The van der Waals surface area contributed by atoms with Gasteiger partial charge in [-0.05, 0) is 36.5 Å². The van der Waals surface area contributed by atoms with Crippen molar-refractivity contribution in [3.8, 4) is 5.75 Å². The van der Waals surface area contributed by atoms with Crippen molar-refractivity contribution in [2.45, 2.75) is 38.3 Å². The molecule has 0 bridgehead atoms. The van der Waals surface area contributed by atoms with Crippen LogP contribution in [0.3, 0.4) is 0 Å². The molecule has 1 saturated carbocycles. The monoisotopic (exact) mass is 263 g/mol. The molecular weight excluding hydrogens is 242 g/mol. The van der Waals surface area contributed by atoms with Gasteiger partial charge in [0.15, 0.2) is 0 Å². The Hall–Kier alpha value is -1.55. The second-order valence-electron chi connectivity index (χ2n) is 5.12. The zero-order chi connectivity index (χ0) is 13.7. The number of carbonyl (C=O) groups is 1. The molecule has 0 saturated heterocycles. The lowest BCUT2D eigenvalue weighted by Crippen LogP contribution is -2.40. The quantitative estimate of drug-likeness (QED) is 0.793. The van der Waals surface area contributed by atoms with Crippen LogP contribution in [-0.2, 0) is 11.3 Å². The van der Waals surface area contributed by atoms with Gasteiger partial charge in [0.05, 0.1) is 13.5 Å². The number of carboxylic acid groups (broad SMARTS) is 1. The molecule has 4 nitrogen and oxygen atoms in total. The van der Waals surface area contributed by atoms with E-state index in [9.17, 15) is 4.79 Å². The summed E-state index contributed by atoms with van der Waals surface area (Å²) >= 11 is 0. The van der Waals surface area contributed by atoms with E-state index in [0.29, 0.717) is 12.5 Å². The van der Waals surface area contributed by atoms with Gasteiger partial charge in [0.1, 0.15) is 5.75 Å². The van der Waals surface area contributed by atoms with Crippen molar-refractivity contribution in [3.63, 3.8) is 0 Å². The maximum absolute atomic E-state index is 10.9. The molecule has 1 aliphatic rings. The van der Waals surface area contributed by atoms with E-state index in [1.54, 1.807) is 7.11 Å². The molecule has 0 amide bonds. The van der Waals surface area contributed by atoms with E-state index < -0.39 is 5.97 Å². The molecule has 1 aliphatic carbocycles. The van der Waals surface area contributed by atoms with Crippen LogP contribution in [0.15, 0.2) is 24.3 Å². The predicted molar refractivity (Wildman–Crippen MR) is 73.2 cm³/mol. The minimum Gasteiger partial charge on any atom is -0.497 e. The summed E-state index contributed by atoms with van der Waals surface area (Å²) in [6, 6.07) is 7.95. The Balaban J connectivity index is 1.87. The summed E-state index contributed by atoms with van der Waals surface area (Å²) < 4.78 is 5.11. The fourth-order valence-corrected chi connectivity index (χ4v) is 2.43. The van der Waals surface area contributed by atoms with Crippen LogP contribution in [0.2, 0.25) is 0 Å². The predicted octanol–water partition coefficient (Wildman–Crippen LogP) is 2.43. The lowest BCUT2D eigenvalue weighted by Gasteiger charge is -2.33. The third kappa shape index (κ3) is 3.96. The summed E-state index contributed by atoms with van der Waals surface area (Å²) in [6.45, 7) is 0.707. The Labute approximate surface area is 113 Å². The first-order chi connectivity index (χ1) is 9.19. The summed E-state index contributed by atoms with van der Waals surface area (Å²) in [7, 11) is 1.65. The van der Waals surface area contributed by atoms with Crippen molar-refractivity contribution >= 4 is 5.97 Å². The molecule has 0 heterocycles. The molecule has 2 N–H and O–H groups in total. The lowest BCUT2D eigenvalue weighted by molar-refractivity contribution is -0.138. The third-order valence-electron chi connectivity index (χ3n) is 3.84. The molecule has 1 aromatic rings. The van der Waals surface area contributed by atoms with E-state index in [1.165, 1.54) is 6.42 Å². The van der Waals surface area contributed by atoms with Gasteiger partial charge >= 0.3 is 5.97 Å². The number of rotatable bonds is 7. The van der Waals surface area contributed by atoms with Gasteiger partial charge in [-0.25, -0.2) is 0 Å². The second kappa shape index (κ2) is 6.57. The molecule has 1 atom stereocenters. The maximum Gasteiger partial charge on any atom is 0.304 e. The largest absolute Gasteiger partial charge is 0.497 e. The number of carboxylic acids is 1. The van der Waals surface area contributed by atoms with Gasteiger partial charge in [-0.15, -0.1) is 0 Å². The first-order valence-corrected chi connectivity index (χ1v) is 6.77. The van der Waals surface area contributed by atoms with Gasteiger partial charge in [0.25, 0.3) is 0 Å². The van der Waals surface area contributed by atoms with Crippen molar-refractivity contribution in [1.29, 1.82) is 0 Å². The average molecular weight is 263 g/mol. The molecule has 0 aromatic heterocycles. The van der Waals surface area contributed by atoms with Crippen LogP contribution in [0.1, 0.15) is 31.2 Å². The molecule has 0 radical (unpaired) electrons. The molecule has 0 aliphatic heterocycles. The highest BCUT2D eigenvalue weighted by Crippen LogP contribution is 2.31. The Morgan fingerprint density at radius 3 is 2.58 bits per heavy atom. The van der Waals surface area contributed by atoms with Gasteiger partial charge in [-0.1, -0.05) is 18.6 Å². The molecule has 1 aromatic carbocycles. The maximum atomic E-state index is 10.9. The van der Waals surface area contributed by atoms with Gasteiger partial charge < -0.3 is 15.2 Å². The van der Waals surface area contributed by atoms with Crippen molar-refractivity contribution in [3.05, 3.63) is 29.8 Å². The number of nitrogens with one attached hydrogen (secondary N) is 1. The summed E-state index contributed by atoms with van der Waals surface area (Å²) in [6.07, 6.45) is 3.73. The first kappa shape index (κ1) is 13.9. The molecule has 1 unspecified atom stereocenters. The highest BCUT2D eigenvalue weighted by atomic mass is 16.5. The third-order valence-corrected chi connectivity index (χ3v) is 3.84. The van der Waals surface area contributed by atoms with Crippen molar-refractivity contribution in [2.75, 3.05) is 7.11 Å². The van der Waals surface area contributed by atoms with Crippen LogP contribution in [0, 0.1) is 5.92 Å². The zero-order valence-electron chi connectivity index (χ0n) is 11.3. The fourth-order valence-electron chi connectivity index (χ4n) is 2.43. The van der Waals surface area contributed by atoms with Crippen LogP contribution >= 0.6 is 0 Å². The molecule has 0 spiro atoms. The molecule has 104 valence electrons. The standard InChI is InChI=1S/C15H21NO3/c1-19-13-7-5-11(6-8-13)10-16-14(9-15(17)18)12-3-2-4-12/h5-8,12,14,16H,2-4,9-10H2,1H3,(H,17,18). The van der Waals surface area contributed by atoms with Crippen LogP contribution in [0.4, 0.5) is 0 Å². The fraction of sp³-hybridized carbons (Fsp3) is 0.533. The zero-order valence-corrected chi connectivity index (χ0v) is 11.3. The first-order valence-electron chi connectivity index (χ1n) is 6.77. The number of hydrogen-bond donors (Lipinski definition) is 2. The lowest BCUT2D eigenvalue weighted by atomic mass is 9.78. The number of methoxy groups -OCH3 is 1. The highest BCUT2D eigenvalue weighted by Gasteiger charge is 2.28. The SMILES string of the molecule is COc1ccc(CNC(CC(=O)O)C2CCC2)cc1. The minimum atomic E-state index is -0.723. The van der Waals surface area contributed by atoms with Crippen LogP contribution in [-0.4, -0.2) is 24.2 Å². The van der Waals surface area contributed by atoms with Crippen LogP contribution in [0.25, 0.3) is 0 Å². The molecule has 4 heteroatoms. The second-order valence-corrected chi connectivity index (χ2v) is 5.12. The molecule has 2 rings (SSSR count). The molecule has 19 heavy (non-hydrogen) atoms. The van der Waals surface area contributed by atoms with E-state index in [4.69, 9.17) is 9.84 Å². The number of ether oxygens (including phenoxy) is 1. The normalized spacial score (nSPS) is 16.7. The minimum absolute atomic E-state index is 0.0911. The van der Waals surface area contributed by atoms with Crippen molar-refractivity contribution in [1.82, 2.24) is 5.32 Å². The van der Waals surface area contributed by atoms with Crippen LogP contribution in [0.5, 0.6) is 5.75 Å². The summed E-state index contributed by atoms with van der Waals surface area (Å²) in [5.41, 5.74) is 1.15. The van der Waals surface area contributed by atoms with Gasteiger partial charge in [-0.3, -0.25) is 4.79 Å². The van der Waals surface area contributed by atoms with E-state index in [-0.39, 0.29) is 12.5 Å². The van der Waals surface area contributed by atoms with Crippen LogP contribution < -0.4 is 10.1 Å². The Morgan fingerprint density at radius 2 is 2.11 bits per heavy atom. The van der Waals surface area contributed by atoms with E-state index in [2.05, 4.69) is 5.32 Å². The number of hydrogen-bond acceptors (Lipinski definition) is 3. The Morgan fingerprint density at radius 1 is 1.42 bits per heavy atom. The van der Waals surface area contributed by atoms with Crippen molar-refractivity contribution < 1.29 is 14.6 Å². The number of benzene rings is 1. The summed E-state index contributed by atoms with van der Waals surface area (Å²) in [5.74, 6) is 0.637. The van der Waals surface area contributed by atoms with E-state index in [0.717, 1.165) is 24.2 Å². The highest BCUT2D eigenvalue weighted by molar-refractivity contribution is 5.67. The number of aliphatic carboxylic acids is 1. The van der Waals surface area contributed by atoms with Gasteiger partial charge in [0.2, 0.25) is 0 Å². The molecular formula is C15H21NO3. The van der Waals surface area contributed by atoms with Gasteiger partial charge in [0, 0.05) is 12.6 Å². The topological polar surface area (TPSA) is 58.6 Å². The smallest absolute Gasteiger partial charge is 0.304 e. The Bertz CT molecular complexity index is 412.